The third-order valence-corrected chi connectivity index (χ3v) is 7.95. The monoisotopic (exact) mass is 446 g/mol. The summed E-state index contributed by atoms with van der Waals surface area (Å²) in [5.41, 5.74) is 16.2. The number of hydrogen-bond donors (Lipinski definition) is 0. The highest BCUT2D eigenvalue weighted by Crippen LogP contribution is 2.47. The van der Waals surface area contributed by atoms with Crippen molar-refractivity contribution < 1.29 is 0 Å². The molecule has 0 radical (unpaired) electrons. The van der Waals surface area contributed by atoms with E-state index in [4.69, 9.17) is 9.97 Å². The van der Waals surface area contributed by atoms with E-state index in [1.807, 2.05) is 30.7 Å². The van der Waals surface area contributed by atoms with Crippen LogP contribution in [0.5, 0.6) is 0 Å². The van der Waals surface area contributed by atoms with Gasteiger partial charge in [-0.25, -0.2) is 4.98 Å². The van der Waals surface area contributed by atoms with Gasteiger partial charge < -0.3 is 0 Å². The Kier molecular flexibility index (Phi) is 3.11. The topological polar surface area (TPSA) is 43.1 Å². The summed E-state index contributed by atoms with van der Waals surface area (Å²) in [4.78, 5) is 14.2. The van der Waals surface area contributed by atoms with Crippen LogP contribution in [0.1, 0.15) is 22.3 Å². The van der Waals surface area contributed by atoms with E-state index in [2.05, 4.69) is 64.0 Å². The molecule has 3 aromatic carbocycles. The summed E-state index contributed by atoms with van der Waals surface area (Å²) in [7, 11) is 0. The first-order valence-electron chi connectivity index (χ1n) is 12.0. The van der Waals surface area contributed by atoms with Gasteiger partial charge in [0.05, 0.1) is 22.7 Å². The molecule has 4 aromatic heterocycles. The van der Waals surface area contributed by atoms with Crippen LogP contribution in [0, 0.1) is 0 Å². The Morgan fingerprint density at radius 2 is 1.57 bits per heavy atom. The van der Waals surface area contributed by atoms with E-state index in [0.717, 1.165) is 45.9 Å². The molecule has 0 fully saturated rings. The van der Waals surface area contributed by atoms with Crippen LogP contribution >= 0.6 is 0 Å². The van der Waals surface area contributed by atoms with Crippen molar-refractivity contribution >= 4 is 38.5 Å². The van der Waals surface area contributed by atoms with Crippen molar-refractivity contribution in [3.63, 3.8) is 0 Å². The second kappa shape index (κ2) is 6.10. The predicted molar refractivity (Wildman–Crippen MR) is 140 cm³/mol. The van der Waals surface area contributed by atoms with E-state index in [9.17, 15) is 0 Å². The van der Waals surface area contributed by atoms with Gasteiger partial charge in [0, 0.05) is 23.2 Å². The highest BCUT2D eigenvalue weighted by Gasteiger charge is 2.28. The minimum atomic E-state index is 0.907. The van der Waals surface area contributed by atoms with Gasteiger partial charge in [0.2, 0.25) is 0 Å². The van der Waals surface area contributed by atoms with Crippen LogP contribution in [0.15, 0.2) is 85.3 Å². The van der Waals surface area contributed by atoms with Crippen LogP contribution < -0.4 is 0 Å². The molecule has 162 valence electrons. The molecule has 0 atom stereocenters. The van der Waals surface area contributed by atoms with Crippen LogP contribution in [0.3, 0.4) is 0 Å². The molecule has 9 rings (SSSR count). The molecule has 0 unspecified atom stereocenters. The zero-order valence-electron chi connectivity index (χ0n) is 18.8. The van der Waals surface area contributed by atoms with E-state index < -0.39 is 0 Å². The summed E-state index contributed by atoms with van der Waals surface area (Å²) >= 11 is 0. The number of benzene rings is 3. The minimum absolute atomic E-state index is 0.907. The maximum Gasteiger partial charge on any atom is 0.146 e. The molecule has 0 spiro atoms. The average Bonchev–Trinajstić information content (AvgIpc) is 3.58. The lowest BCUT2D eigenvalue weighted by Gasteiger charge is -2.12. The van der Waals surface area contributed by atoms with Gasteiger partial charge in [0.15, 0.2) is 0 Å². The Morgan fingerprint density at radius 1 is 0.686 bits per heavy atom. The van der Waals surface area contributed by atoms with Gasteiger partial charge in [-0.05, 0) is 93.7 Å². The third kappa shape index (κ3) is 2.15. The van der Waals surface area contributed by atoms with Gasteiger partial charge in [0.25, 0.3) is 0 Å². The summed E-state index contributed by atoms with van der Waals surface area (Å²) in [5.74, 6) is 0. The Morgan fingerprint density at radius 3 is 2.54 bits per heavy atom. The maximum absolute atomic E-state index is 5.02. The zero-order valence-corrected chi connectivity index (χ0v) is 18.8. The highest BCUT2D eigenvalue weighted by molar-refractivity contribution is 6.16. The van der Waals surface area contributed by atoms with E-state index >= 15 is 0 Å². The standard InChI is InChI=1S/C31H18N4/c1-2-5-20-17(4-1)12-18-13-24-19(14-23(18)20)15-25-21(24)7-8-22-29(25)30-28(6-3-10-33-30)35-27-9-11-32-16-26(27)34-31(22)35/h1-11,13-14,16H,12,15H2. The molecule has 0 bridgehead atoms. The van der Waals surface area contributed by atoms with Crippen molar-refractivity contribution in [3.8, 4) is 22.3 Å². The molecule has 0 N–H and O–H groups in total. The second-order valence-corrected chi connectivity index (χ2v) is 9.70. The third-order valence-electron chi connectivity index (χ3n) is 7.95. The smallest absolute Gasteiger partial charge is 0.146 e. The molecule has 2 aliphatic carbocycles. The first-order valence-corrected chi connectivity index (χ1v) is 12.0. The molecule has 2 aliphatic rings. The van der Waals surface area contributed by atoms with Crippen LogP contribution in [0.25, 0.3) is 60.7 Å². The lowest BCUT2D eigenvalue weighted by atomic mass is 9.97. The van der Waals surface area contributed by atoms with Crippen LogP contribution in [0.2, 0.25) is 0 Å². The number of pyridine rings is 3. The van der Waals surface area contributed by atoms with Gasteiger partial charge in [-0.15, -0.1) is 0 Å². The van der Waals surface area contributed by atoms with E-state index in [1.54, 1.807) is 0 Å². The number of fused-ring (bicyclic) bond motifs is 15. The molecule has 0 amide bonds. The lowest BCUT2D eigenvalue weighted by molar-refractivity contribution is 1.24. The number of hydrogen-bond acceptors (Lipinski definition) is 3. The van der Waals surface area contributed by atoms with Crippen molar-refractivity contribution in [1.82, 2.24) is 19.4 Å². The van der Waals surface area contributed by atoms with Gasteiger partial charge in [-0.2, -0.15) is 0 Å². The molecular formula is C31H18N4. The highest BCUT2D eigenvalue weighted by atomic mass is 15.0. The molecule has 35 heavy (non-hydrogen) atoms. The Hall–Kier alpha value is -4.57. The fourth-order valence-corrected chi connectivity index (χ4v) is 6.48. The Labute approximate surface area is 200 Å². The van der Waals surface area contributed by atoms with Crippen molar-refractivity contribution in [1.29, 1.82) is 0 Å². The number of imidazole rings is 1. The minimum Gasteiger partial charge on any atom is -0.290 e. The van der Waals surface area contributed by atoms with Crippen molar-refractivity contribution in [3.05, 3.63) is 108 Å². The van der Waals surface area contributed by atoms with Crippen molar-refractivity contribution in [2.24, 2.45) is 0 Å². The first-order chi connectivity index (χ1) is 17.3. The van der Waals surface area contributed by atoms with Gasteiger partial charge in [-0.3, -0.25) is 14.4 Å². The van der Waals surface area contributed by atoms with Crippen LogP contribution in [-0.2, 0) is 12.8 Å². The molecular weight excluding hydrogens is 428 g/mol. The molecule has 0 aliphatic heterocycles. The number of aromatic nitrogens is 4. The largest absolute Gasteiger partial charge is 0.290 e. The van der Waals surface area contributed by atoms with E-state index in [-0.39, 0.29) is 0 Å². The van der Waals surface area contributed by atoms with Crippen LogP contribution in [0.4, 0.5) is 0 Å². The fourth-order valence-electron chi connectivity index (χ4n) is 6.48. The maximum atomic E-state index is 5.02. The summed E-state index contributed by atoms with van der Waals surface area (Å²) in [6, 6.07) is 24.4. The number of rotatable bonds is 0. The van der Waals surface area contributed by atoms with Gasteiger partial charge in [0.1, 0.15) is 11.2 Å². The molecule has 0 saturated carbocycles. The molecule has 4 nitrogen and oxygen atoms in total. The first kappa shape index (κ1) is 17.8. The second-order valence-electron chi connectivity index (χ2n) is 9.70. The SMILES string of the molecule is c1ccc2c(c1)Cc1cc3c(cc1-2)Cc1c-3ccc2c1c1ncccc1n1c3ccncc3nc21. The Bertz CT molecular complexity index is 2070. The van der Waals surface area contributed by atoms with Crippen molar-refractivity contribution in [2.45, 2.75) is 12.8 Å². The number of nitrogens with zero attached hydrogens (tertiary/aromatic N) is 4. The normalized spacial score (nSPS) is 13.5. The van der Waals surface area contributed by atoms with Crippen molar-refractivity contribution in [2.75, 3.05) is 0 Å². The summed E-state index contributed by atoms with van der Waals surface area (Å²) in [5, 5.41) is 2.38. The van der Waals surface area contributed by atoms with E-state index in [1.165, 1.54) is 49.9 Å². The molecule has 4 heteroatoms. The molecule has 7 aromatic rings. The van der Waals surface area contributed by atoms with Gasteiger partial charge >= 0.3 is 0 Å². The summed E-state index contributed by atoms with van der Waals surface area (Å²) < 4.78 is 2.24. The van der Waals surface area contributed by atoms with Gasteiger partial charge in [-0.1, -0.05) is 30.3 Å². The quantitative estimate of drug-likeness (QED) is 0.243. The lowest BCUT2D eigenvalue weighted by Crippen LogP contribution is -1.96. The zero-order chi connectivity index (χ0) is 22.7. The van der Waals surface area contributed by atoms with E-state index in [0.29, 0.717) is 0 Å². The molecule has 4 heterocycles. The summed E-state index contributed by atoms with van der Waals surface area (Å²) in [6.07, 6.45) is 7.52. The molecule has 0 saturated heterocycles. The Balaban J connectivity index is 1.38. The average molecular weight is 447 g/mol. The summed E-state index contributed by atoms with van der Waals surface area (Å²) in [6.45, 7) is 0. The fraction of sp³-hybridized carbons (Fsp3) is 0.0645. The van der Waals surface area contributed by atoms with Crippen LogP contribution in [-0.4, -0.2) is 19.4 Å². The predicted octanol–water partition coefficient (Wildman–Crippen LogP) is 6.73.